The Labute approximate surface area is 110 Å². The minimum Gasteiger partial charge on any atom is -0.304 e. The van der Waals surface area contributed by atoms with E-state index in [1.807, 2.05) is 25.3 Å². The van der Waals surface area contributed by atoms with E-state index in [-0.39, 0.29) is 18.9 Å². The first-order valence-corrected chi connectivity index (χ1v) is 5.93. The number of hydrogen-bond donors (Lipinski definition) is 2. The Kier molecular flexibility index (Phi) is 3.35. The van der Waals surface area contributed by atoms with Gasteiger partial charge in [0.15, 0.2) is 0 Å². The molecule has 0 spiro atoms. The average Bonchev–Trinajstić information content (AvgIpc) is 2.65. The lowest BCUT2D eigenvalue weighted by atomic mass is 10.0. The Morgan fingerprint density at radius 1 is 1.32 bits per heavy atom. The second-order valence-corrected chi connectivity index (χ2v) is 4.51. The predicted molar refractivity (Wildman–Crippen MR) is 69.5 cm³/mol. The molecule has 6 nitrogen and oxygen atoms in total. The van der Waals surface area contributed by atoms with Gasteiger partial charge in [-0.2, -0.15) is 0 Å². The number of Topliss-reactive ketones (excluding diaryl/α,β-unsaturated/α-hetero) is 1. The third-order valence-corrected chi connectivity index (χ3v) is 3.38. The lowest BCUT2D eigenvalue weighted by Gasteiger charge is -2.18. The third kappa shape index (κ3) is 2.10. The van der Waals surface area contributed by atoms with E-state index in [2.05, 4.69) is 0 Å². The van der Waals surface area contributed by atoms with Crippen LogP contribution in [0, 0.1) is 13.8 Å². The van der Waals surface area contributed by atoms with Gasteiger partial charge in [-0.15, -0.1) is 0 Å². The lowest BCUT2D eigenvalue weighted by molar-refractivity contribution is -0.121. The molecular formula is C13H15N3O3. The highest BCUT2D eigenvalue weighted by Gasteiger charge is 2.37. The number of nitrogens with two attached hydrogens (primary N) is 1. The molecule has 2 rings (SSSR count). The van der Waals surface area contributed by atoms with Gasteiger partial charge >= 0.3 is 0 Å². The predicted octanol–water partition coefficient (Wildman–Crippen LogP) is 0.213. The van der Waals surface area contributed by atoms with Gasteiger partial charge < -0.3 is 4.90 Å². The number of benzene rings is 1. The van der Waals surface area contributed by atoms with Crippen LogP contribution in [0.5, 0.6) is 0 Å². The highest BCUT2D eigenvalue weighted by Crippen LogP contribution is 2.33. The minimum absolute atomic E-state index is 0.0579. The Morgan fingerprint density at radius 2 is 2.00 bits per heavy atom. The number of fused-ring (bicyclic) bond motifs is 1. The topological polar surface area (TPSA) is 92.5 Å². The first kappa shape index (κ1) is 13.2. The highest BCUT2D eigenvalue weighted by molar-refractivity contribution is 6.52. The normalized spacial score (nSPS) is 13.7. The van der Waals surface area contributed by atoms with Crippen molar-refractivity contribution >= 4 is 23.3 Å². The monoisotopic (exact) mass is 261 g/mol. The number of hydrazine groups is 1. The molecule has 1 aliphatic rings. The first-order chi connectivity index (χ1) is 8.97. The van der Waals surface area contributed by atoms with Crippen LogP contribution in [0.25, 0.3) is 0 Å². The van der Waals surface area contributed by atoms with Crippen molar-refractivity contribution in [2.45, 2.75) is 20.3 Å². The fourth-order valence-corrected chi connectivity index (χ4v) is 2.17. The maximum atomic E-state index is 11.9. The van der Waals surface area contributed by atoms with Gasteiger partial charge in [0.2, 0.25) is 5.91 Å². The first-order valence-electron chi connectivity index (χ1n) is 5.93. The summed E-state index contributed by atoms with van der Waals surface area (Å²) in [6.45, 7) is 3.91. The van der Waals surface area contributed by atoms with Crippen LogP contribution in [0.1, 0.15) is 27.9 Å². The summed E-state index contributed by atoms with van der Waals surface area (Å²) in [5.41, 5.74) is 4.89. The fraction of sp³-hybridized carbons (Fsp3) is 0.308. The number of ketones is 1. The molecule has 1 aromatic rings. The largest absolute Gasteiger partial charge is 0.304 e. The molecule has 1 heterocycles. The molecular weight excluding hydrogens is 246 g/mol. The van der Waals surface area contributed by atoms with Gasteiger partial charge in [0.05, 0.1) is 11.3 Å². The molecule has 0 atom stereocenters. The summed E-state index contributed by atoms with van der Waals surface area (Å²) < 4.78 is 0. The van der Waals surface area contributed by atoms with Crippen LogP contribution in [-0.2, 0) is 9.59 Å². The summed E-state index contributed by atoms with van der Waals surface area (Å²) in [5, 5.41) is 0. The summed E-state index contributed by atoms with van der Waals surface area (Å²) in [4.78, 5) is 36.3. The van der Waals surface area contributed by atoms with Crippen LogP contribution in [0.4, 0.5) is 5.69 Å². The van der Waals surface area contributed by atoms with Crippen molar-refractivity contribution in [3.8, 4) is 0 Å². The molecule has 0 unspecified atom stereocenters. The van der Waals surface area contributed by atoms with Gasteiger partial charge in [-0.1, -0.05) is 6.07 Å². The molecule has 0 saturated carbocycles. The van der Waals surface area contributed by atoms with Crippen LogP contribution in [0.15, 0.2) is 12.1 Å². The van der Waals surface area contributed by atoms with E-state index < -0.39 is 11.7 Å². The zero-order valence-corrected chi connectivity index (χ0v) is 10.8. The summed E-state index contributed by atoms with van der Waals surface area (Å²) >= 11 is 0. The second kappa shape index (κ2) is 4.81. The number of nitrogens with zero attached hydrogens (tertiary/aromatic N) is 1. The number of rotatable bonds is 3. The molecule has 6 heteroatoms. The Bertz CT molecular complexity index is 581. The number of carbonyl (C=O) groups excluding carboxylic acids is 3. The molecule has 0 fully saturated rings. The van der Waals surface area contributed by atoms with Gasteiger partial charge in [-0.25, -0.2) is 5.84 Å². The molecule has 19 heavy (non-hydrogen) atoms. The Balaban J connectivity index is 2.37. The summed E-state index contributed by atoms with van der Waals surface area (Å²) in [5.74, 6) is 3.51. The number of anilines is 1. The molecule has 0 aromatic heterocycles. The molecule has 100 valence electrons. The molecule has 0 aliphatic carbocycles. The quantitative estimate of drug-likeness (QED) is 0.352. The second-order valence-electron chi connectivity index (χ2n) is 4.51. The van der Waals surface area contributed by atoms with Gasteiger partial charge in [-0.3, -0.25) is 19.8 Å². The van der Waals surface area contributed by atoms with E-state index in [1.54, 1.807) is 6.07 Å². The molecule has 1 aliphatic heterocycles. The number of amides is 2. The fourth-order valence-electron chi connectivity index (χ4n) is 2.17. The van der Waals surface area contributed by atoms with Crippen LogP contribution in [0.3, 0.4) is 0 Å². The standard InChI is InChI=1S/C13H15N3O3/c1-7-3-4-9-11(8(7)2)16(13(19)12(9)18)6-5-10(17)15-14/h3-4H,5-6,14H2,1-2H3,(H,15,17). The van der Waals surface area contributed by atoms with Crippen LogP contribution < -0.4 is 16.2 Å². The van der Waals surface area contributed by atoms with E-state index in [9.17, 15) is 14.4 Å². The van der Waals surface area contributed by atoms with Crippen molar-refractivity contribution in [2.75, 3.05) is 11.4 Å². The number of aryl methyl sites for hydroxylation is 1. The molecule has 3 N–H and O–H groups in total. The molecule has 0 bridgehead atoms. The maximum Gasteiger partial charge on any atom is 0.299 e. The molecule has 0 saturated heterocycles. The van der Waals surface area contributed by atoms with Crippen molar-refractivity contribution < 1.29 is 14.4 Å². The molecule has 0 radical (unpaired) electrons. The minimum atomic E-state index is -0.589. The van der Waals surface area contributed by atoms with Crippen LogP contribution in [-0.4, -0.2) is 24.1 Å². The van der Waals surface area contributed by atoms with Crippen LogP contribution >= 0.6 is 0 Å². The Morgan fingerprint density at radius 3 is 2.63 bits per heavy atom. The maximum absolute atomic E-state index is 11.9. The van der Waals surface area contributed by atoms with Crippen molar-refractivity contribution in [2.24, 2.45) is 5.84 Å². The van der Waals surface area contributed by atoms with Crippen molar-refractivity contribution in [3.05, 3.63) is 28.8 Å². The van der Waals surface area contributed by atoms with Gasteiger partial charge in [-0.05, 0) is 31.0 Å². The zero-order chi connectivity index (χ0) is 14.2. The van der Waals surface area contributed by atoms with Gasteiger partial charge in [0.25, 0.3) is 11.7 Å². The van der Waals surface area contributed by atoms with Crippen molar-refractivity contribution in [3.63, 3.8) is 0 Å². The summed E-state index contributed by atoms with van der Waals surface area (Å²) in [7, 11) is 0. The highest BCUT2D eigenvalue weighted by atomic mass is 16.2. The van der Waals surface area contributed by atoms with E-state index in [0.29, 0.717) is 11.3 Å². The van der Waals surface area contributed by atoms with E-state index in [4.69, 9.17) is 5.84 Å². The molecule has 2 amide bonds. The number of nitrogens with one attached hydrogen (secondary N) is 1. The smallest absolute Gasteiger partial charge is 0.299 e. The Hall–Kier alpha value is -2.21. The third-order valence-electron chi connectivity index (χ3n) is 3.38. The van der Waals surface area contributed by atoms with E-state index in [0.717, 1.165) is 11.1 Å². The number of hydrogen-bond acceptors (Lipinski definition) is 4. The van der Waals surface area contributed by atoms with E-state index >= 15 is 0 Å². The summed E-state index contributed by atoms with van der Waals surface area (Å²) in [6.07, 6.45) is 0.0579. The van der Waals surface area contributed by atoms with Gasteiger partial charge in [0.1, 0.15) is 0 Å². The average molecular weight is 261 g/mol. The summed E-state index contributed by atoms with van der Waals surface area (Å²) in [6, 6.07) is 3.47. The molecule has 1 aromatic carbocycles. The van der Waals surface area contributed by atoms with Gasteiger partial charge in [0, 0.05) is 13.0 Å². The van der Waals surface area contributed by atoms with Crippen molar-refractivity contribution in [1.29, 1.82) is 0 Å². The SMILES string of the molecule is Cc1ccc2c(c1C)N(CCC(=O)NN)C(=O)C2=O. The van der Waals surface area contributed by atoms with Crippen molar-refractivity contribution in [1.82, 2.24) is 5.43 Å². The zero-order valence-electron chi connectivity index (χ0n) is 10.8. The van der Waals surface area contributed by atoms with E-state index in [1.165, 1.54) is 4.90 Å². The number of carbonyl (C=O) groups is 3. The van der Waals surface area contributed by atoms with Crippen LogP contribution in [0.2, 0.25) is 0 Å². The lowest BCUT2D eigenvalue weighted by Crippen LogP contribution is -2.36.